The first kappa shape index (κ1) is 26.9. The van der Waals surface area contributed by atoms with E-state index < -0.39 is 17.8 Å². The number of anilines is 1. The lowest BCUT2D eigenvalue weighted by Crippen LogP contribution is -2.34. The van der Waals surface area contributed by atoms with E-state index in [4.69, 9.17) is 13.9 Å². The normalized spacial score (nSPS) is 18.3. The lowest BCUT2D eigenvalue weighted by molar-refractivity contribution is -0.136. The Bertz CT molecular complexity index is 1330. The van der Waals surface area contributed by atoms with Gasteiger partial charge in [0.2, 0.25) is 0 Å². The molecule has 0 radical (unpaired) electrons. The monoisotopic (exact) mass is 521 g/mol. The van der Waals surface area contributed by atoms with Crippen LogP contribution in [0.1, 0.15) is 42.4 Å². The van der Waals surface area contributed by atoms with Crippen LogP contribution >= 0.6 is 0 Å². The van der Waals surface area contributed by atoms with Gasteiger partial charge >= 0.3 is 17.8 Å². The van der Waals surface area contributed by atoms with Crippen LogP contribution in [-0.2, 0) is 35.2 Å². The number of amides is 3. The zero-order valence-electron chi connectivity index (χ0n) is 21.9. The van der Waals surface area contributed by atoms with E-state index in [-0.39, 0.29) is 29.7 Å². The Labute approximate surface area is 220 Å². The van der Waals surface area contributed by atoms with Crippen molar-refractivity contribution in [1.82, 2.24) is 10.2 Å². The van der Waals surface area contributed by atoms with Gasteiger partial charge in [0.05, 0.1) is 37.4 Å². The third-order valence-electron chi connectivity index (χ3n) is 6.67. The molecule has 10 heteroatoms. The van der Waals surface area contributed by atoms with Gasteiger partial charge in [-0.2, -0.15) is 0 Å². The molecule has 3 heterocycles. The fraction of sp³-hybridized carbons (Fsp3) is 0.357. The van der Waals surface area contributed by atoms with Crippen molar-refractivity contribution in [3.05, 3.63) is 69.8 Å². The fourth-order valence-corrected chi connectivity index (χ4v) is 4.40. The molecule has 3 amide bonds. The van der Waals surface area contributed by atoms with Gasteiger partial charge in [0.25, 0.3) is 5.91 Å². The maximum absolute atomic E-state index is 13.2. The summed E-state index contributed by atoms with van der Waals surface area (Å²) in [4.78, 5) is 51.8. The van der Waals surface area contributed by atoms with Crippen LogP contribution < -0.4 is 10.6 Å². The van der Waals surface area contributed by atoms with E-state index in [9.17, 15) is 19.2 Å². The average molecular weight is 522 g/mol. The number of esters is 1. The summed E-state index contributed by atoms with van der Waals surface area (Å²) in [6.07, 6.45) is 3.17. The first-order chi connectivity index (χ1) is 18.2. The van der Waals surface area contributed by atoms with Gasteiger partial charge in [0, 0.05) is 18.0 Å². The van der Waals surface area contributed by atoms with Crippen LogP contribution in [-0.4, -0.2) is 55.0 Å². The molecule has 2 N–H and O–H groups in total. The maximum Gasteiger partial charge on any atom is 0.340 e. The number of ether oxygens (including phenoxy) is 2. The molecule has 1 saturated heterocycles. The van der Waals surface area contributed by atoms with E-state index in [0.717, 1.165) is 24.0 Å². The summed E-state index contributed by atoms with van der Waals surface area (Å²) in [5.74, 6) is -1.90. The molecule has 1 aromatic heterocycles. The zero-order valence-corrected chi connectivity index (χ0v) is 21.9. The predicted octanol–water partition coefficient (Wildman–Crippen LogP) is 3.00. The van der Waals surface area contributed by atoms with Gasteiger partial charge in [0.15, 0.2) is 0 Å². The molecule has 38 heavy (non-hydrogen) atoms. The summed E-state index contributed by atoms with van der Waals surface area (Å²) in [5, 5.41) is 5.08. The molecule has 0 unspecified atom stereocenters. The molecular formula is C28H31N3O7. The molecule has 0 bridgehead atoms. The quantitative estimate of drug-likeness (QED) is 0.326. The van der Waals surface area contributed by atoms with E-state index in [2.05, 4.69) is 10.6 Å². The minimum atomic E-state index is -0.818. The first-order valence-corrected chi connectivity index (χ1v) is 12.4. The van der Waals surface area contributed by atoms with Crippen LogP contribution in [0, 0.1) is 13.8 Å². The largest absolute Gasteiger partial charge is 0.465 e. The topological polar surface area (TPSA) is 127 Å². The lowest BCUT2D eigenvalue weighted by atomic mass is 10.1. The van der Waals surface area contributed by atoms with Crippen molar-refractivity contribution < 1.29 is 33.1 Å². The second-order valence-electron chi connectivity index (χ2n) is 9.30. The number of rotatable bonds is 7. The molecule has 2 aromatic rings. The molecule has 10 nitrogen and oxygen atoms in total. The molecule has 200 valence electrons. The number of hydrogen-bond acceptors (Lipinski definition) is 7. The van der Waals surface area contributed by atoms with Crippen LogP contribution in [0.15, 0.2) is 51.6 Å². The molecule has 0 aliphatic carbocycles. The lowest BCUT2D eigenvalue weighted by Gasteiger charge is -2.21. The van der Waals surface area contributed by atoms with E-state index in [1.165, 1.54) is 18.1 Å². The molecule has 4 rings (SSSR count). The second-order valence-corrected chi connectivity index (χ2v) is 9.30. The number of methoxy groups -OCH3 is 1. The SMILES string of the molecule is COC(=O)C1=C(C)N(C[C@H]2CCCO2)C(=O)/C1=C/c1ccc(CNC(=O)C(=O)Nc2ccc(C)c(C)c2)o1. The Hall–Kier alpha value is -4.18. The highest BCUT2D eigenvalue weighted by molar-refractivity contribution is 6.39. The van der Waals surface area contributed by atoms with Crippen LogP contribution in [0.5, 0.6) is 0 Å². The molecule has 2 aliphatic heterocycles. The predicted molar refractivity (Wildman–Crippen MR) is 138 cm³/mol. The smallest absolute Gasteiger partial charge is 0.340 e. The maximum atomic E-state index is 13.2. The van der Waals surface area contributed by atoms with E-state index in [0.29, 0.717) is 36.1 Å². The van der Waals surface area contributed by atoms with Crippen molar-refractivity contribution in [3.63, 3.8) is 0 Å². The molecule has 1 atom stereocenters. The number of aryl methyl sites for hydroxylation is 2. The van der Waals surface area contributed by atoms with Gasteiger partial charge in [-0.25, -0.2) is 4.79 Å². The molecule has 2 aliphatic rings. The van der Waals surface area contributed by atoms with Gasteiger partial charge in [-0.1, -0.05) is 6.07 Å². The van der Waals surface area contributed by atoms with E-state index in [1.54, 1.807) is 31.2 Å². The molecular weight excluding hydrogens is 490 g/mol. The minimum Gasteiger partial charge on any atom is -0.465 e. The summed E-state index contributed by atoms with van der Waals surface area (Å²) < 4.78 is 16.3. The van der Waals surface area contributed by atoms with Crippen LogP contribution in [0.3, 0.4) is 0 Å². The number of nitrogens with one attached hydrogen (secondary N) is 2. The summed E-state index contributed by atoms with van der Waals surface area (Å²) in [6.45, 7) is 6.54. The number of carbonyl (C=O) groups excluding carboxylic acids is 4. The number of carbonyl (C=O) groups is 4. The number of nitrogens with zero attached hydrogens (tertiary/aromatic N) is 1. The summed E-state index contributed by atoms with van der Waals surface area (Å²) >= 11 is 0. The standard InChI is InChI=1S/C28H31N3O7/c1-16-7-8-19(12-17(16)2)30-26(33)25(32)29-14-21-10-9-20(38-21)13-23-24(28(35)36-4)18(3)31(27(23)34)15-22-6-5-11-37-22/h7-10,12-13,22H,5-6,11,14-15H2,1-4H3,(H,29,32)(H,30,33)/b23-13+/t22-/m1/s1. The van der Waals surface area contributed by atoms with Crippen LogP contribution in [0.25, 0.3) is 6.08 Å². The van der Waals surface area contributed by atoms with Gasteiger partial charge in [-0.15, -0.1) is 0 Å². The minimum absolute atomic E-state index is 0.0415. The van der Waals surface area contributed by atoms with Crippen molar-refractivity contribution in [2.45, 2.75) is 46.3 Å². The average Bonchev–Trinajstić information content (AvgIpc) is 3.63. The highest BCUT2D eigenvalue weighted by Gasteiger charge is 2.38. The number of hydrogen-bond donors (Lipinski definition) is 2. The van der Waals surface area contributed by atoms with Crippen molar-refractivity contribution in [2.75, 3.05) is 25.6 Å². The van der Waals surface area contributed by atoms with Crippen molar-refractivity contribution in [1.29, 1.82) is 0 Å². The molecule has 1 fully saturated rings. The van der Waals surface area contributed by atoms with Crippen LogP contribution in [0.4, 0.5) is 5.69 Å². The Balaban J connectivity index is 1.42. The number of benzene rings is 1. The summed E-state index contributed by atoms with van der Waals surface area (Å²) in [7, 11) is 1.26. The van der Waals surface area contributed by atoms with Crippen molar-refractivity contribution in [3.8, 4) is 0 Å². The summed E-state index contributed by atoms with van der Waals surface area (Å²) in [6, 6.07) is 8.61. The summed E-state index contributed by atoms with van der Waals surface area (Å²) in [5.41, 5.74) is 3.43. The van der Waals surface area contributed by atoms with Crippen molar-refractivity contribution in [2.24, 2.45) is 0 Å². The molecule has 0 saturated carbocycles. The zero-order chi connectivity index (χ0) is 27.4. The first-order valence-electron chi connectivity index (χ1n) is 12.4. The third-order valence-corrected chi connectivity index (χ3v) is 6.67. The number of furan rings is 1. The molecule has 1 aromatic carbocycles. The second kappa shape index (κ2) is 11.5. The molecule has 0 spiro atoms. The number of allylic oxidation sites excluding steroid dienone is 1. The van der Waals surface area contributed by atoms with Crippen molar-refractivity contribution >= 4 is 35.5 Å². The Morgan fingerprint density at radius 2 is 1.89 bits per heavy atom. The van der Waals surface area contributed by atoms with Gasteiger partial charge < -0.3 is 29.4 Å². The van der Waals surface area contributed by atoms with Gasteiger partial charge in [-0.3, -0.25) is 14.4 Å². The van der Waals surface area contributed by atoms with Gasteiger partial charge in [0.1, 0.15) is 11.5 Å². The Morgan fingerprint density at radius 1 is 1.11 bits per heavy atom. The Kier molecular flexibility index (Phi) is 8.11. The van der Waals surface area contributed by atoms with Gasteiger partial charge in [-0.05, 0) is 75.1 Å². The highest BCUT2D eigenvalue weighted by Crippen LogP contribution is 2.33. The highest BCUT2D eigenvalue weighted by atomic mass is 16.5. The fourth-order valence-electron chi connectivity index (χ4n) is 4.40. The third kappa shape index (κ3) is 5.86. The van der Waals surface area contributed by atoms with Crippen LogP contribution in [0.2, 0.25) is 0 Å². The van der Waals surface area contributed by atoms with E-state index in [1.807, 2.05) is 19.9 Å². The van der Waals surface area contributed by atoms with E-state index >= 15 is 0 Å². The Morgan fingerprint density at radius 3 is 2.58 bits per heavy atom.